The first-order valence-electron chi connectivity index (χ1n) is 8.83. The van der Waals surface area contributed by atoms with Crippen LogP contribution in [0.25, 0.3) is 11.3 Å². The van der Waals surface area contributed by atoms with Crippen molar-refractivity contribution in [1.29, 1.82) is 0 Å². The third-order valence-electron chi connectivity index (χ3n) is 4.42. The van der Waals surface area contributed by atoms with Gasteiger partial charge in [0.2, 0.25) is 0 Å². The van der Waals surface area contributed by atoms with Crippen LogP contribution in [0.1, 0.15) is 33.7 Å². The van der Waals surface area contributed by atoms with E-state index in [1.807, 2.05) is 36.0 Å². The summed E-state index contributed by atoms with van der Waals surface area (Å²) >= 11 is 0. The molecule has 1 fully saturated rings. The van der Waals surface area contributed by atoms with Crippen LogP contribution < -0.4 is 5.32 Å². The Morgan fingerprint density at radius 1 is 1.23 bits per heavy atom. The van der Waals surface area contributed by atoms with Crippen LogP contribution in [0.5, 0.6) is 0 Å². The maximum Gasteiger partial charge on any atom is 0.273 e. The molecule has 138 valence electrons. The van der Waals surface area contributed by atoms with Crippen LogP contribution in [0.4, 0.5) is 0 Å². The Morgan fingerprint density at radius 3 is 2.69 bits per heavy atom. The smallest absolute Gasteiger partial charge is 0.273 e. The molecule has 1 aliphatic rings. The van der Waals surface area contributed by atoms with Crippen molar-refractivity contribution in [1.82, 2.24) is 20.1 Å². The number of aromatic nitrogens is 1. The van der Waals surface area contributed by atoms with Crippen molar-refractivity contribution >= 4 is 11.8 Å². The number of carbonyl (C=O) groups excluding carboxylic acids is 2. The quantitative estimate of drug-likeness (QED) is 0.855. The summed E-state index contributed by atoms with van der Waals surface area (Å²) in [7, 11) is 3.88. The highest BCUT2D eigenvalue weighted by Crippen LogP contribution is 2.28. The molecule has 2 amide bonds. The molecule has 2 aromatic rings. The average Bonchev–Trinajstić information content (AvgIpc) is 3.32. The molecule has 3 rings (SSSR count). The predicted molar refractivity (Wildman–Crippen MR) is 98.0 cm³/mol. The van der Waals surface area contributed by atoms with E-state index >= 15 is 0 Å². The van der Waals surface area contributed by atoms with E-state index in [-0.39, 0.29) is 17.5 Å². The number of benzene rings is 1. The largest absolute Gasteiger partial charge is 0.443 e. The van der Waals surface area contributed by atoms with Gasteiger partial charge in [0, 0.05) is 31.7 Å². The van der Waals surface area contributed by atoms with Gasteiger partial charge in [0.05, 0.1) is 5.56 Å². The fraction of sp³-hybridized carbons (Fsp3) is 0.421. The van der Waals surface area contributed by atoms with Crippen LogP contribution in [0, 0.1) is 0 Å². The van der Waals surface area contributed by atoms with Crippen LogP contribution in [-0.4, -0.2) is 66.9 Å². The standard InChI is InChI=1S/C19H24N4O3/c1-22(2)12-9-20-18(24)16-17(26-13-21-16)14-7-3-4-8-15(14)19(25)23-10-5-6-11-23/h3-4,7-8,13H,5-6,9-12H2,1-2H3,(H,20,24). The lowest BCUT2D eigenvalue weighted by Crippen LogP contribution is -2.32. The second-order valence-corrected chi connectivity index (χ2v) is 6.63. The average molecular weight is 356 g/mol. The molecule has 0 spiro atoms. The number of oxazole rings is 1. The second kappa shape index (κ2) is 8.14. The highest BCUT2D eigenvalue weighted by molar-refractivity contribution is 6.04. The van der Waals surface area contributed by atoms with Crippen molar-refractivity contribution in [3.05, 3.63) is 41.9 Å². The van der Waals surface area contributed by atoms with Gasteiger partial charge >= 0.3 is 0 Å². The number of hydrogen-bond acceptors (Lipinski definition) is 5. The highest BCUT2D eigenvalue weighted by atomic mass is 16.3. The fourth-order valence-corrected chi connectivity index (χ4v) is 3.03. The number of likely N-dealkylation sites (N-methyl/N-ethyl adjacent to an activating group) is 1. The van der Waals surface area contributed by atoms with E-state index < -0.39 is 0 Å². The molecule has 1 aromatic heterocycles. The molecule has 1 aliphatic heterocycles. The first-order valence-corrected chi connectivity index (χ1v) is 8.83. The minimum Gasteiger partial charge on any atom is -0.443 e. The van der Waals surface area contributed by atoms with Gasteiger partial charge in [-0.2, -0.15) is 0 Å². The zero-order chi connectivity index (χ0) is 18.5. The van der Waals surface area contributed by atoms with Crippen LogP contribution >= 0.6 is 0 Å². The summed E-state index contributed by atoms with van der Waals surface area (Å²) < 4.78 is 5.50. The van der Waals surface area contributed by atoms with Crippen molar-refractivity contribution in [3.8, 4) is 11.3 Å². The summed E-state index contributed by atoms with van der Waals surface area (Å²) in [5.41, 5.74) is 1.33. The van der Waals surface area contributed by atoms with Crippen LogP contribution in [0.3, 0.4) is 0 Å². The second-order valence-electron chi connectivity index (χ2n) is 6.63. The number of rotatable bonds is 6. The van der Waals surface area contributed by atoms with Gasteiger partial charge in [0.25, 0.3) is 11.8 Å². The Kier molecular flexibility index (Phi) is 5.68. The number of likely N-dealkylation sites (tertiary alicyclic amines) is 1. The molecular formula is C19H24N4O3. The lowest BCUT2D eigenvalue weighted by Gasteiger charge is -2.17. The summed E-state index contributed by atoms with van der Waals surface area (Å²) in [6.07, 6.45) is 3.29. The Balaban J connectivity index is 1.85. The monoisotopic (exact) mass is 356 g/mol. The molecule has 2 heterocycles. The minimum atomic E-state index is -0.306. The SMILES string of the molecule is CN(C)CCNC(=O)c1ncoc1-c1ccccc1C(=O)N1CCCC1. The lowest BCUT2D eigenvalue weighted by molar-refractivity contribution is 0.0792. The summed E-state index contributed by atoms with van der Waals surface area (Å²) in [6.45, 7) is 2.76. The molecule has 0 unspecified atom stereocenters. The first-order chi connectivity index (χ1) is 12.6. The van der Waals surface area contributed by atoms with E-state index in [0.717, 1.165) is 32.5 Å². The van der Waals surface area contributed by atoms with E-state index in [4.69, 9.17) is 4.42 Å². The molecule has 0 atom stereocenters. The van der Waals surface area contributed by atoms with Gasteiger partial charge in [0.1, 0.15) is 0 Å². The van der Waals surface area contributed by atoms with Crippen LogP contribution in [0.15, 0.2) is 35.1 Å². The van der Waals surface area contributed by atoms with Gasteiger partial charge in [-0.3, -0.25) is 9.59 Å². The predicted octanol–water partition coefficient (Wildman–Crippen LogP) is 1.87. The molecule has 7 nitrogen and oxygen atoms in total. The molecule has 7 heteroatoms. The zero-order valence-electron chi connectivity index (χ0n) is 15.2. The van der Waals surface area contributed by atoms with E-state index in [9.17, 15) is 9.59 Å². The minimum absolute atomic E-state index is 0.0338. The van der Waals surface area contributed by atoms with Gasteiger partial charge < -0.3 is 19.5 Å². The molecule has 26 heavy (non-hydrogen) atoms. The van der Waals surface area contributed by atoms with Crippen LogP contribution in [-0.2, 0) is 0 Å². The zero-order valence-corrected chi connectivity index (χ0v) is 15.2. The van der Waals surface area contributed by atoms with E-state index in [2.05, 4.69) is 10.3 Å². The Bertz CT molecular complexity index is 779. The van der Waals surface area contributed by atoms with Gasteiger partial charge in [0.15, 0.2) is 17.8 Å². The molecule has 1 N–H and O–H groups in total. The molecule has 0 radical (unpaired) electrons. The topological polar surface area (TPSA) is 78.7 Å². The van der Waals surface area contributed by atoms with E-state index in [1.54, 1.807) is 12.1 Å². The van der Waals surface area contributed by atoms with Crippen molar-refractivity contribution in [2.24, 2.45) is 0 Å². The van der Waals surface area contributed by atoms with E-state index in [0.29, 0.717) is 23.4 Å². The summed E-state index contributed by atoms with van der Waals surface area (Å²) in [5, 5.41) is 2.83. The number of nitrogens with one attached hydrogen (secondary N) is 1. The third kappa shape index (κ3) is 3.94. The molecule has 1 saturated heterocycles. The van der Waals surface area contributed by atoms with Gasteiger partial charge in [-0.05, 0) is 33.0 Å². The van der Waals surface area contributed by atoms with Crippen LogP contribution in [0.2, 0.25) is 0 Å². The fourth-order valence-electron chi connectivity index (χ4n) is 3.03. The number of carbonyl (C=O) groups is 2. The number of amides is 2. The van der Waals surface area contributed by atoms with Gasteiger partial charge in [-0.25, -0.2) is 4.98 Å². The van der Waals surface area contributed by atoms with Crippen molar-refractivity contribution in [2.45, 2.75) is 12.8 Å². The van der Waals surface area contributed by atoms with E-state index in [1.165, 1.54) is 6.39 Å². The normalized spacial score (nSPS) is 14.0. The third-order valence-corrected chi connectivity index (χ3v) is 4.42. The molecule has 0 bridgehead atoms. The van der Waals surface area contributed by atoms with Crippen molar-refractivity contribution in [2.75, 3.05) is 40.3 Å². The first kappa shape index (κ1) is 18.1. The number of hydrogen-bond donors (Lipinski definition) is 1. The van der Waals surface area contributed by atoms with Gasteiger partial charge in [-0.15, -0.1) is 0 Å². The molecule has 0 saturated carbocycles. The molecule has 0 aliphatic carbocycles. The highest BCUT2D eigenvalue weighted by Gasteiger charge is 2.26. The summed E-state index contributed by atoms with van der Waals surface area (Å²) in [4.78, 5) is 33.2. The molecule has 1 aromatic carbocycles. The maximum atomic E-state index is 12.8. The Labute approximate surface area is 153 Å². The van der Waals surface area contributed by atoms with Crippen molar-refractivity contribution < 1.29 is 14.0 Å². The summed E-state index contributed by atoms with van der Waals surface area (Å²) in [5.74, 6) is -0.0111. The number of nitrogens with zero attached hydrogens (tertiary/aromatic N) is 3. The Hall–Kier alpha value is -2.67. The van der Waals surface area contributed by atoms with Gasteiger partial charge in [-0.1, -0.05) is 18.2 Å². The maximum absolute atomic E-state index is 12.8. The lowest BCUT2D eigenvalue weighted by atomic mass is 10.0. The molecular weight excluding hydrogens is 332 g/mol. The summed E-state index contributed by atoms with van der Waals surface area (Å²) in [6, 6.07) is 7.21. The Morgan fingerprint density at radius 2 is 1.96 bits per heavy atom. The van der Waals surface area contributed by atoms with Crippen molar-refractivity contribution in [3.63, 3.8) is 0 Å².